The molecule has 1 aliphatic heterocycles. The molecule has 0 unspecified atom stereocenters. The third-order valence-electron chi connectivity index (χ3n) is 6.17. The van der Waals surface area contributed by atoms with Crippen LogP contribution in [0.4, 0.5) is 0 Å². The predicted molar refractivity (Wildman–Crippen MR) is 108 cm³/mol. The molecule has 140 valence electrons. The van der Waals surface area contributed by atoms with Crippen molar-refractivity contribution >= 4 is 23.2 Å². The van der Waals surface area contributed by atoms with Gasteiger partial charge in [0.25, 0.3) is 0 Å². The lowest BCUT2D eigenvalue weighted by molar-refractivity contribution is -0.764. The van der Waals surface area contributed by atoms with Crippen LogP contribution in [0.1, 0.15) is 56.8 Å². The quantitative estimate of drug-likeness (QED) is 0.740. The number of benzene rings is 2. The number of hydrogen-bond acceptors (Lipinski definition) is 1. The first-order chi connectivity index (χ1) is 12.3. The first kappa shape index (κ1) is 19.7. The van der Waals surface area contributed by atoms with E-state index >= 15 is 0 Å². The van der Waals surface area contributed by atoms with E-state index in [2.05, 4.69) is 43.4 Å². The summed E-state index contributed by atoms with van der Waals surface area (Å²) in [4.78, 5) is 0. The maximum atomic E-state index is 11.5. The van der Waals surface area contributed by atoms with Crippen molar-refractivity contribution in [3.8, 4) is 0 Å². The Kier molecular flexibility index (Phi) is 5.98. The molecule has 2 aromatic carbocycles. The molecule has 0 bridgehead atoms. The number of rotatable bonds is 4. The van der Waals surface area contributed by atoms with E-state index in [0.29, 0.717) is 0 Å². The average molecular weight is 393 g/mol. The van der Waals surface area contributed by atoms with Crippen LogP contribution in [-0.2, 0) is 0 Å². The molecule has 0 saturated carbocycles. The van der Waals surface area contributed by atoms with E-state index in [1.165, 1.54) is 11.1 Å². The normalized spacial score (nSPS) is 31.8. The highest BCUT2D eigenvalue weighted by atomic mass is 35.5. The highest BCUT2D eigenvalue weighted by molar-refractivity contribution is 6.30. The largest absolute Gasteiger partial charge is 0.389 e. The maximum absolute atomic E-state index is 11.5. The molecule has 5 atom stereocenters. The molecular formula is C22H28Cl2NO+. The Morgan fingerprint density at radius 2 is 1.38 bits per heavy atom. The Labute approximate surface area is 166 Å². The fourth-order valence-corrected chi connectivity index (χ4v) is 4.74. The van der Waals surface area contributed by atoms with E-state index in [9.17, 15) is 5.11 Å². The molecular weight excluding hydrogens is 365 g/mol. The number of hydrogen-bond donors (Lipinski definition) is 2. The van der Waals surface area contributed by atoms with Crippen LogP contribution >= 0.6 is 23.2 Å². The van der Waals surface area contributed by atoms with Gasteiger partial charge in [0.05, 0.1) is 5.60 Å². The third-order valence-corrected chi connectivity index (χ3v) is 6.67. The molecule has 1 aliphatic rings. The lowest BCUT2D eigenvalue weighted by Crippen LogP contribution is -2.93. The Morgan fingerprint density at radius 1 is 0.923 bits per heavy atom. The van der Waals surface area contributed by atoms with Crippen molar-refractivity contribution in [2.24, 2.45) is 11.8 Å². The van der Waals surface area contributed by atoms with Crippen LogP contribution < -0.4 is 5.32 Å². The molecule has 0 amide bonds. The monoisotopic (exact) mass is 392 g/mol. The Balaban J connectivity index is 2.01. The van der Waals surface area contributed by atoms with Crippen molar-refractivity contribution in [3.63, 3.8) is 0 Å². The summed E-state index contributed by atoms with van der Waals surface area (Å²) in [5, 5.41) is 15.4. The van der Waals surface area contributed by atoms with Gasteiger partial charge in [-0.2, -0.15) is 0 Å². The molecule has 0 aromatic heterocycles. The number of halogens is 2. The van der Waals surface area contributed by atoms with Gasteiger partial charge in [0.1, 0.15) is 12.1 Å². The van der Waals surface area contributed by atoms with Gasteiger partial charge in [-0.25, -0.2) is 0 Å². The summed E-state index contributed by atoms with van der Waals surface area (Å²) in [7, 11) is 0. The summed E-state index contributed by atoms with van der Waals surface area (Å²) in [6, 6.07) is 16.5. The minimum atomic E-state index is -0.751. The van der Waals surface area contributed by atoms with Crippen molar-refractivity contribution in [1.29, 1.82) is 0 Å². The van der Waals surface area contributed by atoms with E-state index in [1.807, 2.05) is 31.2 Å². The Hall–Kier alpha value is -1.06. The summed E-state index contributed by atoms with van der Waals surface area (Å²) in [6.45, 7) is 6.36. The first-order valence-electron chi connectivity index (χ1n) is 9.43. The highest BCUT2D eigenvalue weighted by Crippen LogP contribution is 2.44. The van der Waals surface area contributed by atoms with E-state index in [-0.39, 0.29) is 23.9 Å². The summed E-state index contributed by atoms with van der Waals surface area (Å²) >= 11 is 12.2. The molecule has 0 spiro atoms. The zero-order valence-electron chi connectivity index (χ0n) is 15.6. The van der Waals surface area contributed by atoms with E-state index in [0.717, 1.165) is 22.9 Å². The number of quaternary nitrogens is 1. The molecule has 4 heteroatoms. The molecule has 0 radical (unpaired) electrons. The minimum Gasteiger partial charge on any atom is -0.389 e. The molecule has 26 heavy (non-hydrogen) atoms. The van der Waals surface area contributed by atoms with Crippen LogP contribution in [0, 0.1) is 11.8 Å². The third kappa shape index (κ3) is 3.80. The lowest BCUT2D eigenvalue weighted by Gasteiger charge is -2.49. The minimum absolute atomic E-state index is 0.128. The fraction of sp³-hybridized carbons (Fsp3) is 0.455. The van der Waals surface area contributed by atoms with Crippen molar-refractivity contribution in [2.75, 3.05) is 0 Å². The second-order valence-corrected chi connectivity index (χ2v) is 8.63. The number of aliphatic hydroxyl groups is 1. The SMILES string of the molecule is CCC[C@@H]1[C@@H](c2ccc(Cl)cc2)[NH2+][C@H](c2ccc(Cl)cc2)[C@H](C)[C@@]1(C)O. The second-order valence-electron chi connectivity index (χ2n) is 7.76. The van der Waals surface area contributed by atoms with Gasteiger partial charge in [-0.05, 0) is 37.6 Å². The summed E-state index contributed by atoms with van der Waals surface area (Å²) in [5.74, 6) is 0.316. The fourth-order valence-electron chi connectivity index (χ4n) is 4.48. The molecule has 2 aromatic rings. The molecule has 3 N–H and O–H groups in total. The van der Waals surface area contributed by atoms with Gasteiger partial charge in [-0.3, -0.25) is 0 Å². The summed E-state index contributed by atoms with van der Waals surface area (Å²) < 4.78 is 0. The molecule has 2 nitrogen and oxygen atoms in total. The van der Waals surface area contributed by atoms with Gasteiger partial charge in [-0.1, -0.05) is 67.7 Å². The summed E-state index contributed by atoms with van der Waals surface area (Å²) in [5.41, 5.74) is 1.68. The Bertz CT molecular complexity index is 727. The van der Waals surface area contributed by atoms with Gasteiger partial charge in [-0.15, -0.1) is 0 Å². The zero-order valence-corrected chi connectivity index (χ0v) is 17.1. The second kappa shape index (κ2) is 7.90. The average Bonchev–Trinajstić information content (AvgIpc) is 2.62. The van der Waals surface area contributed by atoms with E-state index < -0.39 is 5.60 Å². The highest BCUT2D eigenvalue weighted by Gasteiger charge is 2.52. The standard InChI is InChI=1S/C22H27Cl2NO/c1-4-5-19-21(16-8-12-18(24)13-9-16)25-20(14(2)22(19,3)26)15-6-10-17(23)11-7-15/h6-14,19-21,25-26H,4-5H2,1-3H3/p+1/t14-,19+,20-,21+,22+/m0/s1. The molecule has 0 aliphatic carbocycles. The number of nitrogens with two attached hydrogens (primary N) is 1. The van der Waals surface area contributed by atoms with Gasteiger partial charge in [0, 0.05) is 33.0 Å². The van der Waals surface area contributed by atoms with Crippen molar-refractivity contribution in [2.45, 2.75) is 51.3 Å². The van der Waals surface area contributed by atoms with Gasteiger partial charge >= 0.3 is 0 Å². The van der Waals surface area contributed by atoms with Crippen LogP contribution in [0.5, 0.6) is 0 Å². The van der Waals surface area contributed by atoms with Crippen molar-refractivity contribution in [1.82, 2.24) is 0 Å². The topological polar surface area (TPSA) is 36.8 Å². The molecule has 1 saturated heterocycles. The molecule has 3 rings (SSSR count). The maximum Gasteiger partial charge on any atom is 0.118 e. The van der Waals surface area contributed by atoms with Crippen LogP contribution in [0.2, 0.25) is 10.0 Å². The smallest absolute Gasteiger partial charge is 0.118 e. The summed E-state index contributed by atoms with van der Waals surface area (Å²) in [6.07, 6.45) is 2.05. The van der Waals surface area contributed by atoms with Crippen molar-refractivity contribution in [3.05, 3.63) is 69.7 Å². The van der Waals surface area contributed by atoms with Crippen LogP contribution in [0.3, 0.4) is 0 Å². The van der Waals surface area contributed by atoms with Gasteiger partial charge in [0.2, 0.25) is 0 Å². The Morgan fingerprint density at radius 3 is 1.85 bits per heavy atom. The zero-order chi connectivity index (χ0) is 18.9. The van der Waals surface area contributed by atoms with E-state index in [4.69, 9.17) is 23.2 Å². The van der Waals surface area contributed by atoms with Gasteiger partial charge < -0.3 is 10.4 Å². The molecule has 1 heterocycles. The number of piperidine rings is 1. The lowest BCUT2D eigenvalue weighted by atomic mass is 9.65. The molecule has 1 fully saturated rings. The van der Waals surface area contributed by atoms with E-state index in [1.54, 1.807) is 0 Å². The van der Waals surface area contributed by atoms with Crippen LogP contribution in [-0.4, -0.2) is 10.7 Å². The van der Waals surface area contributed by atoms with Crippen molar-refractivity contribution < 1.29 is 10.4 Å². The van der Waals surface area contributed by atoms with Crippen LogP contribution in [0.25, 0.3) is 0 Å². The first-order valence-corrected chi connectivity index (χ1v) is 10.2. The van der Waals surface area contributed by atoms with Gasteiger partial charge in [0.15, 0.2) is 0 Å². The predicted octanol–water partition coefficient (Wildman–Crippen LogP) is 5.16. The van der Waals surface area contributed by atoms with Crippen LogP contribution in [0.15, 0.2) is 48.5 Å².